The zero-order valence-electron chi connectivity index (χ0n) is 11.9. The molecule has 0 aliphatic carbocycles. The summed E-state index contributed by atoms with van der Waals surface area (Å²) in [6, 6.07) is 7.18. The molecule has 1 aromatic heterocycles. The van der Waals surface area contributed by atoms with Crippen LogP contribution in [0.2, 0.25) is 0 Å². The minimum absolute atomic E-state index is 0.0519. The van der Waals surface area contributed by atoms with Crippen molar-refractivity contribution in [2.24, 2.45) is 0 Å². The lowest BCUT2D eigenvalue weighted by Crippen LogP contribution is -2.29. The van der Waals surface area contributed by atoms with Crippen LogP contribution in [0.25, 0.3) is 0 Å². The standard InChI is InChI=1S/C15H15FN2O4/c1-21-15(20)10-4-5-12(16)13(7-10)17-9-14(19)18-8-11-3-2-6-22-11/h2-7,17H,8-9H2,1H3,(H,18,19). The Hall–Kier alpha value is -2.83. The number of hydrogen-bond donors (Lipinski definition) is 2. The molecule has 7 heteroatoms. The Bertz CT molecular complexity index is 656. The molecule has 2 N–H and O–H groups in total. The van der Waals surface area contributed by atoms with Gasteiger partial charge in [0.1, 0.15) is 11.6 Å². The van der Waals surface area contributed by atoms with Gasteiger partial charge in [-0.05, 0) is 30.3 Å². The molecule has 0 fully saturated rings. The average Bonchev–Trinajstić information content (AvgIpc) is 3.04. The second-order valence-electron chi connectivity index (χ2n) is 4.40. The van der Waals surface area contributed by atoms with Gasteiger partial charge in [-0.2, -0.15) is 0 Å². The molecule has 1 amide bonds. The van der Waals surface area contributed by atoms with Crippen molar-refractivity contribution in [2.45, 2.75) is 6.54 Å². The van der Waals surface area contributed by atoms with Crippen LogP contribution in [0.1, 0.15) is 16.1 Å². The van der Waals surface area contributed by atoms with E-state index in [9.17, 15) is 14.0 Å². The van der Waals surface area contributed by atoms with E-state index in [1.54, 1.807) is 12.1 Å². The highest BCUT2D eigenvalue weighted by atomic mass is 19.1. The Labute approximate surface area is 126 Å². The first-order valence-corrected chi connectivity index (χ1v) is 6.51. The maximum Gasteiger partial charge on any atom is 0.337 e. The average molecular weight is 306 g/mol. The van der Waals surface area contributed by atoms with E-state index < -0.39 is 11.8 Å². The normalized spacial score (nSPS) is 10.1. The number of hydrogen-bond acceptors (Lipinski definition) is 5. The Balaban J connectivity index is 1.90. The maximum atomic E-state index is 13.6. The largest absolute Gasteiger partial charge is 0.467 e. The van der Waals surface area contributed by atoms with Crippen molar-refractivity contribution < 1.29 is 23.1 Å². The van der Waals surface area contributed by atoms with Crippen molar-refractivity contribution in [1.29, 1.82) is 0 Å². The number of furan rings is 1. The first kappa shape index (κ1) is 15.6. The third kappa shape index (κ3) is 4.08. The van der Waals surface area contributed by atoms with Gasteiger partial charge in [0.2, 0.25) is 5.91 Å². The van der Waals surface area contributed by atoms with Gasteiger partial charge < -0.3 is 19.8 Å². The van der Waals surface area contributed by atoms with Gasteiger partial charge in [-0.25, -0.2) is 9.18 Å². The van der Waals surface area contributed by atoms with Crippen molar-refractivity contribution in [2.75, 3.05) is 19.0 Å². The van der Waals surface area contributed by atoms with E-state index in [0.29, 0.717) is 5.76 Å². The predicted octanol–water partition coefficient (Wildman–Crippen LogP) is 1.93. The van der Waals surface area contributed by atoms with E-state index in [-0.39, 0.29) is 30.2 Å². The SMILES string of the molecule is COC(=O)c1ccc(F)c(NCC(=O)NCc2ccco2)c1. The van der Waals surface area contributed by atoms with Crippen LogP contribution in [-0.4, -0.2) is 25.5 Å². The zero-order valence-corrected chi connectivity index (χ0v) is 11.9. The quantitative estimate of drug-likeness (QED) is 0.797. The molecule has 0 aliphatic heterocycles. The summed E-state index contributed by atoms with van der Waals surface area (Å²) in [5.74, 6) is -0.858. The van der Waals surface area contributed by atoms with Gasteiger partial charge in [-0.1, -0.05) is 0 Å². The summed E-state index contributed by atoms with van der Waals surface area (Å²) in [4.78, 5) is 23.1. The van der Waals surface area contributed by atoms with Gasteiger partial charge in [-0.15, -0.1) is 0 Å². The van der Waals surface area contributed by atoms with Crippen molar-refractivity contribution in [1.82, 2.24) is 5.32 Å². The van der Waals surface area contributed by atoms with Gasteiger partial charge in [-0.3, -0.25) is 4.79 Å². The molecule has 0 saturated carbocycles. The number of rotatable bonds is 6. The maximum absolute atomic E-state index is 13.6. The van der Waals surface area contributed by atoms with E-state index >= 15 is 0 Å². The molecular weight excluding hydrogens is 291 g/mol. The number of carbonyl (C=O) groups is 2. The summed E-state index contributed by atoms with van der Waals surface area (Å²) in [6.45, 7) is 0.112. The van der Waals surface area contributed by atoms with Gasteiger partial charge in [0, 0.05) is 0 Å². The highest BCUT2D eigenvalue weighted by Gasteiger charge is 2.11. The van der Waals surface area contributed by atoms with Crippen LogP contribution in [0.5, 0.6) is 0 Å². The van der Waals surface area contributed by atoms with Crippen LogP contribution in [-0.2, 0) is 16.1 Å². The van der Waals surface area contributed by atoms with E-state index in [4.69, 9.17) is 4.42 Å². The molecule has 116 valence electrons. The predicted molar refractivity (Wildman–Crippen MR) is 76.8 cm³/mol. The van der Waals surface area contributed by atoms with Gasteiger partial charge >= 0.3 is 5.97 Å². The molecule has 0 atom stereocenters. The Kier molecular flexibility index (Phi) is 5.13. The lowest BCUT2D eigenvalue weighted by Gasteiger charge is -2.09. The lowest BCUT2D eigenvalue weighted by molar-refractivity contribution is -0.119. The van der Waals surface area contributed by atoms with Crippen molar-refractivity contribution in [3.63, 3.8) is 0 Å². The summed E-state index contributed by atoms with van der Waals surface area (Å²) in [5.41, 5.74) is 0.249. The number of anilines is 1. The second kappa shape index (κ2) is 7.26. The molecule has 6 nitrogen and oxygen atoms in total. The number of esters is 1. The van der Waals surface area contributed by atoms with Crippen LogP contribution in [0.4, 0.5) is 10.1 Å². The first-order valence-electron chi connectivity index (χ1n) is 6.51. The van der Waals surface area contributed by atoms with Crippen LogP contribution >= 0.6 is 0 Å². The van der Waals surface area contributed by atoms with Crippen molar-refractivity contribution in [3.05, 3.63) is 53.7 Å². The fraction of sp³-hybridized carbons (Fsp3) is 0.200. The Morgan fingerprint density at radius 3 is 2.82 bits per heavy atom. The first-order chi connectivity index (χ1) is 10.6. The minimum Gasteiger partial charge on any atom is -0.467 e. The monoisotopic (exact) mass is 306 g/mol. The Morgan fingerprint density at radius 2 is 2.14 bits per heavy atom. The minimum atomic E-state index is -0.578. The molecule has 0 bridgehead atoms. The van der Waals surface area contributed by atoms with Crippen molar-refractivity contribution in [3.8, 4) is 0 Å². The highest BCUT2D eigenvalue weighted by Crippen LogP contribution is 2.16. The molecule has 2 aromatic rings. The molecule has 1 heterocycles. The van der Waals surface area contributed by atoms with E-state index in [2.05, 4.69) is 15.4 Å². The molecule has 22 heavy (non-hydrogen) atoms. The third-order valence-corrected chi connectivity index (χ3v) is 2.87. The summed E-state index contributed by atoms with van der Waals surface area (Å²) in [7, 11) is 1.24. The van der Waals surface area contributed by atoms with Gasteiger partial charge in [0.25, 0.3) is 0 Å². The number of halogens is 1. The third-order valence-electron chi connectivity index (χ3n) is 2.87. The van der Waals surface area contributed by atoms with Crippen LogP contribution in [0, 0.1) is 5.82 Å². The summed E-state index contributed by atoms with van der Waals surface area (Å²) in [5, 5.41) is 5.25. The number of amides is 1. The van der Waals surface area contributed by atoms with E-state index in [0.717, 1.165) is 6.07 Å². The fourth-order valence-corrected chi connectivity index (χ4v) is 1.74. The molecule has 0 spiro atoms. The molecule has 2 rings (SSSR count). The smallest absolute Gasteiger partial charge is 0.337 e. The molecule has 0 saturated heterocycles. The van der Waals surface area contributed by atoms with Crippen LogP contribution in [0.3, 0.4) is 0 Å². The number of carbonyl (C=O) groups excluding carboxylic acids is 2. The molecule has 0 aliphatic rings. The Morgan fingerprint density at radius 1 is 1.32 bits per heavy atom. The highest BCUT2D eigenvalue weighted by molar-refractivity contribution is 5.90. The number of nitrogens with one attached hydrogen (secondary N) is 2. The van der Waals surface area contributed by atoms with Crippen LogP contribution in [0.15, 0.2) is 41.0 Å². The van der Waals surface area contributed by atoms with Crippen LogP contribution < -0.4 is 10.6 Å². The fourth-order valence-electron chi connectivity index (χ4n) is 1.74. The van der Waals surface area contributed by atoms with Gasteiger partial charge in [0.15, 0.2) is 0 Å². The molecule has 0 radical (unpaired) electrons. The summed E-state index contributed by atoms with van der Waals surface area (Å²) >= 11 is 0. The molecule has 0 unspecified atom stereocenters. The van der Waals surface area contributed by atoms with Crippen molar-refractivity contribution >= 4 is 17.6 Å². The topological polar surface area (TPSA) is 80.6 Å². The molecule has 1 aromatic carbocycles. The van der Waals surface area contributed by atoms with E-state index in [1.165, 1.54) is 25.5 Å². The molecular formula is C15H15FN2O4. The summed E-state index contributed by atoms with van der Waals surface area (Å²) in [6.07, 6.45) is 1.51. The summed E-state index contributed by atoms with van der Waals surface area (Å²) < 4.78 is 23.3. The zero-order chi connectivity index (χ0) is 15.9. The number of benzene rings is 1. The van der Waals surface area contributed by atoms with E-state index in [1.807, 2.05) is 0 Å². The number of methoxy groups -OCH3 is 1. The second-order valence-corrected chi connectivity index (χ2v) is 4.40. The lowest BCUT2D eigenvalue weighted by atomic mass is 10.2. The number of ether oxygens (including phenoxy) is 1. The van der Waals surface area contributed by atoms with Gasteiger partial charge in [0.05, 0.1) is 37.7 Å².